The first-order valence-electron chi connectivity index (χ1n) is 8.41. The van der Waals surface area contributed by atoms with Crippen molar-refractivity contribution in [3.63, 3.8) is 0 Å². The smallest absolute Gasteiger partial charge is 0.401 e. The second kappa shape index (κ2) is 9.88. The highest BCUT2D eigenvalue weighted by atomic mass is 19.4. The molecule has 0 fully saturated rings. The largest absolute Gasteiger partial charge is 0.573 e. The molecule has 0 aliphatic heterocycles. The third kappa shape index (κ3) is 9.64. The molecule has 21 heteroatoms. The third-order valence-corrected chi connectivity index (χ3v) is 3.33. The van der Waals surface area contributed by atoms with Crippen molar-refractivity contribution in [2.45, 2.75) is 51.8 Å². The highest BCUT2D eigenvalue weighted by Gasteiger charge is 2.50. The van der Waals surface area contributed by atoms with Crippen molar-refractivity contribution in [2.24, 2.45) is 5.92 Å². The summed E-state index contributed by atoms with van der Waals surface area (Å²) in [5.41, 5.74) is -2.31. The molecule has 36 heavy (non-hydrogen) atoms. The summed E-state index contributed by atoms with van der Waals surface area (Å²) in [5.74, 6) is -16.5. The highest BCUT2D eigenvalue weighted by molar-refractivity contribution is 5.71. The summed E-state index contributed by atoms with van der Waals surface area (Å²) in [5, 5.41) is 10.1. The molecule has 6 nitrogen and oxygen atoms in total. The lowest BCUT2D eigenvalue weighted by molar-refractivity contribution is -0.300. The van der Waals surface area contributed by atoms with E-state index in [1.165, 1.54) is 0 Å². The van der Waals surface area contributed by atoms with Crippen LogP contribution in [0.25, 0.3) is 0 Å². The SMILES string of the molecule is CC(C)C(O)c1c(OC(F)(F)F)c(OC(F)(F)F)c(OC(F)(F)F)c(OC(F)(F)F)c1OC(F)(F)F. The molecule has 0 aliphatic carbocycles. The van der Waals surface area contributed by atoms with Gasteiger partial charge in [0.25, 0.3) is 0 Å². The zero-order chi connectivity index (χ0) is 28.7. The summed E-state index contributed by atoms with van der Waals surface area (Å²) >= 11 is 0. The third-order valence-electron chi connectivity index (χ3n) is 3.33. The van der Waals surface area contributed by atoms with Crippen LogP contribution >= 0.6 is 0 Å². The maximum atomic E-state index is 12.9. The average Bonchev–Trinajstić information content (AvgIpc) is 2.55. The minimum absolute atomic E-state index is 0.772. The van der Waals surface area contributed by atoms with Crippen LogP contribution in [0.2, 0.25) is 0 Å². The number of alkyl halides is 15. The number of benzene rings is 1. The van der Waals surface area contributed by atoms with Crippen molar-refractivity contribution < 1.29 is 94.6 Å². The zero-order valence-electron chi connectivity index (χ0n) is 16.8. The van der Waals surface area contributed by atoms with Crippen LogP contribution in [0.1, 0.15) is 25.5 Å². The van der Waals surface area contributed by atoms with Crippen LogP contribution < -0.4 is 23.7 Å². The van der Waals surface area contributed by atoms with Crippen LogP contribution in [0.5, 0.6) is 28.7 Å². The summed E-state index contributed by atoms with van der Waals surface area (Å²) < 4.78 is 208. The first kappa shape index (κ1) is 31.2. The van der Waals surface area contributed by atoms with Gasteiger partial charge in [-0.2, -0.15) is 0 Å². The molecule has 1 unspecified atom stereocenters. The Bertz CT molecular complexity index is 854. The molecular weight excluding hydrogens is 561 g/mol. The molecule has 1 rings (SSSR count). The lowest BCUT2D eigenvalue weighted by Gasteiger charge is -2.29. The van der Waals surface area contributed by atoms with Gasteiger partial charge in [-0.1, -0.05) is 13.8 Å². The molecule has 1 aromatic carbocycles. The van der Waals surface area contributed by atoms with Gasteiger partial charge >= 0.3 is 31.8 Å². The Kier molecular flexibility index (Phi) is 8.55. The molecule has 210 valence electrons. The molecule has 0 saturated carbocycles. The van der Waals surface area contributed by atoms with Gasteiger partial charge in [0, 0.05) is 0 Å². The van der Waals surface area contributed by atoms with E-state index in [0.717, 1.165) is 13.8 Å². The Hall–Kier alpha value is -2.87. The minimum atomic E-state index is -6.38. The summed E-state index contributed by atoms with van der Waals surface area (Å²) in [7, 11) is 0. The second-order valence-corrected chi connectivity index (χ2v) is 6.49. The fraction of sp³-hybridized carbons (Fsp3) is 0.600. The Labute approximate surface area is 188 Å². The van der Waals surface area contributed by atoms with E-state index in [-0.39, 0.29) is 0 Å². The zero-order valence-corrected chi connectivity index (χ0v) is 16.8. The number of aliphatic hydroxyl groups excluding tert-OH is 1. The number of aliphatic hydroxyl groups is 1. The van der Waals surface area contributed by atoms with Gasteiger partial charge in [0.15, 0.2) is 11.5 Å². The van der Waals surface area contributed by atoms with Crippen molar-refractivity contribution in [1.82, 2.24) is 0 Å². The second-order valence-electron chi connectivity index (χ2n) is 6.49. The van der Waals surface area contributed by atoms with Crippen molar-refractivity contribution in [2.75, 3.05) is 0 Å². The van der Waals surface area contributed by atoms with Gasteiger partial charge < -0.3 is 28.8 Å². The van der Waals surface area contributed by atoms with Crippen molar-refractivity contribution in [3.8, 4) is 28.7 Å². The van der Waals surface area contributed by atoms with Gasteiger partial charge in [-0.3, -0.25) is 0 Å². The van der Waals surface area contributed by atoms with Crippen molar-refractivity contribution in [1.29, 1.82) is 0 Å². The number of rotatable bonds is 7. The first-order chi connectivity index (χ1) is 15.7. The number of halogens is 15. The quantitative estimate of drug-likeness (QED) is 0.361. The number of hydrogen-bond acceptors (Lipinski definition) is 6. The number of ether oxygens (including phenoxy) is 5. The molecule has 0 aliphatic rings. The maximum absolute atomic E-state index is 12.9. The van der Waals surface area contributed by atoms with E-state index < -0.39 is 78.1 Å². The summed E-state index contributed by atoms with van der Waals surface area (Å²) in [6, 6.07) is 0. The normalized spacial score (nSPS) is 14.5. The maximum Gasteiger partial charge on any atom is 0.573 e. The fourth-order valence-corrected chi connectivity index (χ4v) is 2.32. The van der Waals surface area contributed by atoms with E-state index in [9.17, 15) is 71.0 Å². The number of hydrogen-bond donors (Lipinski definition) is 1. The predicted octanol–water partition coefficient (Wildman–Crippen LogP) is 6.87. The molecule has 1 N–H and O–H groups in total. The van der Waals surface area contributed by atoms with Crippen LogP contribution in [0.4, 0.5) is 65.9 Å². The van der Waals surface area contributed by atoms with Crippen LogP contribution in [0.3, 0.4) is 0 Å². The summed E-state index contributed by atoms with van der Waals surface area (Å²) in [4.78, 5) is 0. The van der Waals surface area contributed by atoms with E-state index in [1.54, 1.807) is 0 Å². The highest BCUT2D eigenvalue weighted by Crippen LogP contribution is 2.60. The summed E-state index contributed by atoms with van der Waals surface area (Å²) in [6.07, 6.45) is -34.4. The average molecular weight is 570 g/mol. The molecule has 0 saturated heterocycles. The minimum Gasteiger partial charge on any atom is -0.401 e. The molecule has 0 heterocycles. The van der Waals surface area contributed by atoms with Crippen molar-refractivity contribution in [3.05, 3.63) is 5.56 Å². The van der Waals surface area contributed by atoms with E-state index >= 15 is 0 Å². The van der Waals surface area contributed by atoms with Crippen LogP contribution in [-0.2, 0) is 0 Å². The van der Waals surface area contributed by atoms with Gasteiger partial charge in [-0.05, 0) is 5.92 Å². The Morgan fingerprint density at radius 1 is 0.444 bits per heavy atom. The van der Waals surface area contributed by atoms with E-state index in [4.69, 9.17) is 0 Å². The van der Waals surface area contributed by atoms with Gasteiger partial charge in [-0.15, -0.1) is 65.9 Å². The standard InChI is InChI=1S/C15H9F15O6/c1-3(2)5(31)4-6(32-11(16,17)18)8(34-13(22,23)24)10(36-15(28,29)30)9(35-14(25,26)27)7(4)33-12(19,20)21/h3,5,31H,1-2H3. The molecule has 0 aromatic heterocycles. The molecule has 0 spiro atoms. The Morgan fingerprint density at radius 3 is 0.833 bits per heavy atom. The van der Waals surface area contributed by atoms with Crippen molar-refractivity contribution >= 4 is 0 Å². The molecular formula is C15H9F15O6. The van der Waals surface area contributed by atoms with Gasteiger partial charge in [0.05, 0.1) is 11.7 Å². The Morgan fingerprint density at radius 2 is 0.639 bits per heavy atom. The lowest BCUT2D eigenvalue weighted by Crippen LogP contribution is -2.29. The fourth-order valence-electron chi connectivity index (χ4n) is 2.32. The first-order valence-corrected chi connectivity index (χ1v) is 8.41. The molecule has 0 bridgehead atoms. The topological polar surface area (TPSA) is 66.4 Å². The van der Waals surface area contributed by atoms with Crippen LogP contribution in [-0.4, -0.2) is 36.9 Å². The monoisotopic (exact) mass is 570 g/mol. The van der Waals surface area contributed by atoms with E-state index in [1.807, 2.05) is 0 Å². The van der Waals surface area contributed by atoms with E-state index in [2.05, 4.69) is 23.7 Å². The van der Waals surface area contributed by atoms with Gasteiger partial charge in [0.1, 0.15) is 0 Å². The molecule has 0 amide bonds. The van der Waals surface area contributed by atoms with E-state index in [0.29, 0.717) is 0 Å². The molecule has 0 radical (unpaired) electrons. The summed E-state index contributed by atoms with van der Waals surface area (Å²) in [6.45, 7) is 1.54. The molecule has 1 aromatic rings. The van der Waals surface area contributed by atoms with Crippen LogP contribution in [0, 0.1) is 5.92 Å². The van der Waals surface area contributed by atoms with Gasteiger partial charge in [0.2, 0.25) is 17.2 Å². The molecule has 1 atom stereocenters. The van der Waals surface area contributed by atoms with Crippen LogP contribution in [0.15, 0.2) is 0 Å². The lowest BCUT2D eigenvalue weighted by atomic mass is 9.96. The Balaban J connectivity index is 4.50. The predicted molar refractivity (Wildman–Crippen MR) is 79.7 cm³/mol. The van der Waals surface area contributed by atoms with Gasteiger partial charge in [-0.25, -0.2) is 0 Å².